The molecule has 29 heavy (non-hydrogen) atoms. The Morgan fingerprint density at radius 3 is 2.45 bits per heavy atom. The van der Waals surface area contributed by atoms with E-state index in [-0.39, 0.29) is 18.4 Å². The fraction of sp³-hybridized carbons (Fsp3) is 0.591. The molecule has 4 rings (SSSR count). The van der Waals surface area contributed by atoms with Gasteiger partial charge in [0.2, 0.25) is 11.8 Å². The van der Waals surface area contributed by atoms with Gasteiger partial charge in [0, 0.05) is 25.2 Å². The first-order chi connectivity index (χ1) is 14.0. The second kappa shape index (κ2) is 8.78. The van der Waals surface area contributed by atoms with Crippen molar-refractivity contribution in [3.63, 3.8) is 0 Å². The van der Waals surface area contributed by atoms with Crippen molar-refractivity contribution in [3.05, 3.63) is 24.3 Å². The zero-order chi connectivity index (χ0) is 20.4. The Morgan fingerprint density at radius 1 is 1.03 bits per heavy atom. The number of aromatic nitrogens is 2. The molecule has 2 fully saturated rings. The molecule has 2 atom stereocenters. The molecule has 0 radical (unpaired) electrons. The molecular formula is C22H30N4O2S. The maximum Gasteiger partial charge on any atom is 0.242 e. The molecule has 2 aliphatic rings. The Bertz CT molecular complexity index is 880. The lowest BCUT2D eigenvalue weighted by atomic mass is 9.98. The predicted molar refractivity (Wildman–Crippen MR) is 116 cm³/mol. The number of amides is 2. The van der Waals surface area contributed by atoms with E-state index in [4.69, 9.17) is 4.98 Å². The number of benzene rings is 1. The molecule has 2 saturated heterocycles. The van der Waals surface area contributed by atoms with E-state index in [1.807, 2.05) is 38.6 Å². The number of piperidine rings is 1. The van der Waals surface area contributed by atoms with Crippen LogP contribution in [0.2, 0.25) is 0 Å². The second-order valence-electron chi connectivity index (χ2n) is 8.28. The minimum Gasteiger partial charge on any atom is -0.341 e. The van der Waals surface area contributed by atoms with Crippen LogP contribution in [0.5, 0.6) is 0 Å². The topological polar surface area (TPSA) is 58.4 Å². The standard InChI is InChI=1S/C22H30N4O2S/c1-16-8-7-9-17(2)26(16)21(28)15-29-22-23-18-10-3-4-11-19(18)25(22)14-20(27)24-12-5-6-13-24/h3-4,10-11,16-17H,5-9,12-15H2,1-2H3/t16-,17+. The number of hydrogen-bond donors (Lipinski definition) is 0. The van der Waals surface area contributed by atoms with Crippen molar-refractivity contribution in [1.82, 2.24) is 19.4 Å². The van der Waals surface area contributed by atoms with Crippen molar-refractivity contribution >= 4 is 34.6 Å². The number of thioether (sulfide) groups is 1. The summed E-state index contributed by atoms with van der Waals surface area (Å²) < 4.78 is 1.98. The van der Waals surface area contributed by atoms with Crippen LogP contribution in [0.25, 0.3) is 11.0 Å². The Labute approximate surface area is 176 Å². The molecular weight excluding hydrogens is 384 g/mol. The number of rotatable bonds is 5. The van der Waals surface area contributed by atoms with Crippen molar-refractivity contribution < 1.29 is 9.59 Å². The maximum atomic E-state index is 12.9. The number of carbonyl (C=O) groups excluding carboxylic acids is 2. The number of likely N-dealkylation sites (tertiary alicyclic amines) is 2. The van der Waals surface area contributed by atoms with Crippen LogP contribution in [0.3, 0.4) is 0 Å². The maximum absolute atomic E-state index is 12.9. The van der Waals surface area contributed by atoms with Crippen LogP contribution in [0.15, 0.2) is 29.4 Å². The molecule has 0 saturated carbocycles. The summed E-state index contributed by atoms with van der Waals surface area (Å²) in [4.78, 5) is 34.4. The van der Waals surface area contributed by atoms with Crippen LogP contribution in [-0.4, -0.2) is 62.1 Å². The first-order valence-corrected chi connectivity index (χ1v) is 11.7. The van der Waals surface area contributed by atoms with Gasteiger partial charge in [0.1, 0.15) is 6.54 Å². The van der Waals surface area contributed by atoms with E-state index in [0.29, 0.717) is 17.8 Å². The van der Waals surface area contributed by atoms with Crippen molar-refractivity contribution in [3.8, 4) is 0 Å². The molecule has 0 bridgehead atoms. The molecule has 0 spiro atoms. The van der Waals surface area contributed by atoms with Gasteiger partial charge in [0.25, 0.3) is 0 Å². The zero-order valence-corrected chi connectivity index (χ0v) is 18.2. The summed E-state index contributed by atoms with van der Waals surface area (Å²) in [5.41, 5.74) is 1.83. The van der Waals surface area contributed by atoms with Crippen LogP contribution in [-0.2, 0) is 16.1 Å². The van der Waals surface area contributed by atoms with Gasteiger partial charge in [-0.25, -0.2) is 4.98 Å². The molecule has 156 valence electrons. The first kappa shape index (κ1) is 20.3. The minimum absolute atomic E-state index is 0.136. The molecule has 1 aromatic heterocycles. The van der Waals surface area contributed by atoms with Crippen molar-refractivity contribution in [2.24, 2.45) is 0 Å². The van der Waals surface area contributed by atoms with E-state index in [2.05, 4.69) is 13.8 Å². The minimum atomic E-state index is 0.136. The molecule has 3 heterocycles. The van der Waals surface area contributed by atoms with Crippen LogP contribution in [0, 0.1) is 0 Å². The van der Waals surface area contributed by atoms with Gasteiger partial charge < -0.3 is 14.4 Å². The molecule has 2 amide bonds. The molecule has 2 aromatic rings. The smallest absolute Gasteiger partial charge is 0.242 e. The second-order valence-corrected chi connectivity index (χ2v) is 9.22. The molecule has 2 aliphatic heterocycles. The predicted octanol–water partition coefficient (Wildman–Crippen LogP) is 3.54. The zero-order valence-electron chi connectivity index (χ0n) is 17.3. The third-order valence-electron chi connectivity index (χ3n) is 6.18. The van der Waals surface area contributed by atoms with E-state index >= 15 is 0 Å². The molecule has 6 nitrogen and oxygen atoms in total. The molecule has 0 aliphatic carbocycles. The van der Waals surface area contributed by atoms with E-state index in [1.54, 1.807) is 0 Å². The number of imidazole rings is 1. The van der Waals surface area contributed by atoms with Crippen LogP contribution >= 0.6 is 11.8 Å². The Morgan fingerprint density at radius 2 is 1.72 bits per heavy atom. The summed E-state index contributed by atoms with van der Waals surface area (Å²) in [5, 5.41) is 0.754. The van der Waals surface area contributed by atoms with E-state index in [1.165, 1.54) is 18.2 Å². The van der Waals surface area contributed by atoms with Crippen LogP contribution in [0.1, 0.15) is 46.0 Å². The van der Waals surface area contributed by atoms with Gasteiger partial charge in [-0.1, -0.05) is 23.9 Å². The molecule has 1 aromatic carbocycles. The highest BCUT2D eigenvalue weighted by Crippen LogP contribution is 2.27. The normalized spacial score (nSPS) is 22.4. The lowest BCUT2D eigenvalue weighted by molar-refractivity contribution is -0.134. The number of hydrogen-bond acceptors (Lipinski definition) is 4. The lowest BCUT2D eigenvalue weighted by Gasteiger charge is -2.39. The van der Waals surface area contributed by atoms with E-state index in [0.717, 1.165) is 55.0 Å². The van der Waals surface area contributed by atoms with Gasteiger partial charge >= 0.3 is 0 Å². The summed E-state index contributed by atoms with van der Waals surface area (Å²) in [6, 6.07) is 8.48. The highest BCUT2D eigenvalue weighted by Gasteiger charge is 2.29. The molecule has 7 heteroatoms. The third kappa shape index (κ3) is 4.29. The van der Waals surface area contributed by atoms with Gasteiger partial charge in [-0.2, -0.15) is 0 Å². The van der Waals surface area contributed by atoms with E-state index < -0.39 is 0 Å². The Hall–Kier alpha value is -2.02. The average Bonchev–Trinajstić information content (AvgIpc) is 3.35. The summed E-state index contributed by atoms with van der Waals surface area (Å²) in [5.74, 6) is 0.659. The van der Waals surface area contributed by atoms with Gasteiger partial charge in [0.15, 0.2) is 5.16 Å². The SMILES string of the molecule is C[C@@H]1CCC[C@H](C)N1C(=O)CSc1nc2ccccc2n1CC(=O)N1CCCC1. The van der Waals surface area contributed by atoms with Gasteiger partial charge in [-0.15, -0.1) is 0 Å². The average molecular weight is 415 g/mol. The summed E-state index contributed by atoms with van der Waals surface area (Å²) in [6.45, 7) is 6.26. The largest absolute Gasteiger partial charge is 0.341 e. The fourth-order valence-corrected chi connectivity index (χ4v) is 5.52. The van der Waals surface area contributed by atoms with Gasteiger partial charge in [0.05, 0.1) is 16.8 Å². The number of para-hydroxylation sites is 2. The fourth-order valence-electron chi connectivity index (χ4n) is 4.63. The van der Waals surface area contributed by atoms with Crippen molar-refractivity contribution in [1.29, 1.82) is 0 Å². The van der Waals surface area contributed by atoms with Gasteiger partial charge in [-0.05, 0) is 58.1 Å². The molecule has 0 N–H and O–H groups in total. The summed E-state index contributed by atoms with van der Waals surface area (Å²) >= 11 is 1.45. The van der Waals surface area contributed by atoms with Gasteiger partial charge in [-0.3, -0.25) is 9.59 Å². The van der Waals surface area contributed by atoms with Crippen LogP contribution in [0.4, 0.5) is 0 Å². The number of carbonyl (C=O) groups is 2. The highest BCUT2D eigenvalue weighted by molar-refractivity contribution is 7.99. The molecule has 0 unspecified atom stereocenters. The van der Waals surface area contributed by atoms with Crippen molar-refractivity contribution in [2.45, 2.75) is 69.7 Å². The van der Waals surface area contributed by atoms with Crippen LogP contribution < -0.4 is 0 Å². The van der Waals surface area contributed by atoms with Crippen molar-refractivity contribution in [2.75, 3.05) is 18.8 Å². The Kier molecular flexibility index (Phi) is 6.13. The lowest BCUT2D eigenvalue weighted by Crippen LogP contribution is -2.48. The monoisotopic (exact) mass is 414 g/mol. The summed E-state index contributed by atoms with van der Waals surface area (Å²) in [6.07, 6.45) is 5.50. The number of fused-ring (bicyclic) bond motifs is 1. The highest BCUT2D eigenvalue weighted by atomic mass is 32.2. The first-order valence-electron chi connectivity index (χ1n) is 10.7. The summed E-state index contributed by atoms with van der Waals surface area (Å²) in [7, 11) is 0. The third-order valence-corrected chi connectivity index (χ3v) is 7.14. The van der Waals surface area contributed by atoms with E-state index in [9.17, 15) is 9.59 Å². The number of nitrogens with zero attached hydrogens (tertiary/aromatic N) is 4. The quantitative estimate of drug-likeness (QED) is 0.702. The Balaban J connectivity index is 1.52.